The predicted molar refractivity (Wildman–Crippen MR) is 103 cm³/mol. The highest BCUT2D eigenvalue weighted by atomic mass is 35.5. The number of nitrogens with two attached hydrogens (primary N) is 1. The minimum Gasteiger partial charge on any atom is -0.444 e. The van der Waals surface area contributed by atoms with E-state index in [0.29, 0.717) is 40.6 Å². The quantitative estimate of drug-likeness (QED) is 0.834. The molecule has 2 N–H and O–H groups in total. The Bertz CT molecular complexity index is 917. The van der Waals surface area contributed by atoms with Gasteiger partial charge in [-0.15, -0.1) is 0 Å². The zero-order chi connectivity index (χ0) is 20.1. The van der Waals surface area contributed by atoms with Gasteiger partial charge in [0.1, 0.15) is 17.4 Å². The molecule has 1 aliphatic carbocycles. The largest absolute Gasteiger partial charge is 0.444 e. The van der Waals surface area contributed by atoms with Gasteiger partial charge < -0.3 is 10.5 Å². The van der Waals surface area contributed by atoms with E-state index >= 15 is 0 Å². The lowest BCUT2D eigenvalue weighted by Gasteiger charge is -2.37. The Kier molecular flexibility index (Phi) is 4.85. The van der Waals surface area contributed by atoms with Crippen LogP contribution in [0.25, 0.3) is 0 Å². The summed E-state index contributed by atoms with van der Waals surface area (Å²) in [4.78, 5) is 13.1. The third-order valence-corrected chi connectivity index (χ3v) is 5.87. The van der Waals surface area contributed by atoms with Gasteiger partial charge in [-0.05, 0) is 25.7 Å². The molecule has 2 heterocycles. The lowest BCUT2D eigenvalue weighted by atomic mass is 9.71. The van der Waals surface area contributed by atoms with Crippen LogP contribution in [0, 0.1) is 23.7 Å². The average Bonchev–Trinajstić information content (AvgIpc) is 2.86. The van der Waals surface area contributed by atoms with E-state index < -0.39 is 5.92 Å². The number of halogens is 1. The fourth-order valence-electron chi connectivity index (χ4n) is 3.87. The van der Waals surface area contributed by atoms with E-state index in [1.807, 2.05) is 32.4 Å². The fourth-order valence-corrected chi connectivity index (χ4v) is 4.10. The molecule has 7 heteroatoms. The molecule has 0 aromatic carbocycles. The van der Waals surface area contributed by atoms with E-state index in [2.05, 4.69) is 18.1 Å². The molecule has 1 aromatic heterocycles. The number of aryl methyl sites for hydroxylation is 1. The van der Waals surface area contributed by atoms with Gasteiger partial charge in [0, 0.05) is 24.5 Å². The number of rotatable bonds is 3. The molecule has 2 atom stereocenters. The van der Waals surface area contributed by atoms with E-state index in [-0.39, 0.29) is 28.7 Å². The molecule has 0 spiro atoms. The van der Waals surface area contributed by atoms with Crippen LogP contribution in [-0.4, -0.2) is 15.6 Å². The number of carbonyl (C=O) groups excluding carboxylic acids is 1. The fraction of sp³-hybridized carbons (Fsp3) is 0.550. The number of ketones is 1. The van der Waals surface area contributed by atoms with Crippen molar-refractivity contribution in [3.8, 4) is 6.07 Å². The van der Waals surface area contributed by atoms with Gasteiger partial charge in [0.05, 0.1) is 22.3 Å². The van der Waals surface area contributed by atoms with E-state index in [1.165, 1.54) is 0 Å². The Morgan fingerprint density at radius 1 is 1.48 bits per heavy atom. The number of Topliss-reactive ketones (excluding diaryl/α,β-unsaturated/α-hetero) is 1. The Morgan fingerprint density at radius 2 is 2.15 bits per heavy atom. The van der Waals surface area contributed by atoms with E-state index in [1.54, 1.807) is 0 Å². The molecular weight excluding hydrogens is 364 g/mol. The van der Waals surface area contributed by atoms with Gasteiger partial charge in [-0.2, -0.15) is 10.4 Å². The molecular formula is C20H25ClN4O2. The van der Waals surface area contributed by atoms with Crippen molar-refractivity contribution in [2.45, 2.75) is 65.8 Å². The van der Waals surface area contributed by atoms with Crippen molar-refractivity contribution in [2.75, 3.05) is 0 Å². The van der Waals surface area contributed by atoms with Gasteiger partial charge >= 0.3 is 0 Å². The van der Waals surface area contributed by atoms with Crippen LogP contribution in [0.4, 0.5) is 0 Å². The first kappa shape index (κ1) is 19.5. The number of carbonyl (C=O) groups is 1. The van der Waals surface area contributed by atoms with Gasteiger partial charge in [-0.3, -0.25) is 9.48 Å². The summed E-state index contributed by atoms with van der Waals surface area (Å²) in [5.74, 6) is -0.0945. The topological polar surface area (TPSA) is 93.9 Å². The van der Waals surface area contributed by atoms with Crippen molar-refractivity contribution in [3.05, 3.63) is 39.2 Å². The van der Waals surface area contributed by atoms with Crippen LogP contribution in [0.15, 0.2) is 22.8 Å². The summed E-state index contributed by atoms with van der Waals surface area (Å²) in [6.45, 7) is 9.95. The van der Waals surface area contributed by atoms with E-state index in [0.717, 1.165) is 6.42 Å². The highest BCUT2D eigenvalue weighted by Gasteiger charge is 2.45. The maximum atomic E-state index is 13.1. The number of aromatic nitrogens is 2. The van der Waals surface area contributed by atoms with Crippen LogP contribution in [0.1, 0.15) is 70.3 Å². The minimum atomic E-state index is -0.648. The van der Waals surface area contributed by atoms with Gasteiger partial charge in [0.2, 0.25) is 5.88 Å². The summed E-state index contributed by atoms with van der Waals surface area (Å²) in [7, 11) is 0. The highest BCUT2D eigenvalue weighted by Crippen LogP contribution is 2.49. The van der Waals surface area contributed by atoms with Crippen LogP contribution in [-0.2, 0) is 9.53 Å². The molecule has 1 aromatic rings. The molecule has 3 rings (SSSR count). The smallest absolute Gasteiger partial charge is 0.205 e. The normalized spacial score (nSPS) is 23.0. The number of hydrogen-bond acceptors (Lipinski definition) is 5. The minimum absolute atomic E-state index is 0.0304. The van der Waals surface area contributed by atoms with Crippen LogP contribution in [0.2, 0.25) is 5.02 Å². The lowest BCUT2D eigenvalue weighted by molar-refractivity contribution is -0.119. The molecule has 1 aliphatic heterocycles. The molecule has 6 nitrogen and oxygen atoms in total. The number of ether oxygens (including phenoxy) is 1. The first-order chi connectivity index (χ1) is 12.6. The first-order valence-corrected chi connectivity index (χ1v) is 9.57. The second-order valence-electron chi connectivity index (χ2n) is 8.19. The highest BCUT2D eigenvalue weighted by molar-refractivity contribution is 6.32. The molecule has 0 saturated heterocycles. The average molecular weight is 389 g/mol. The van der Waals surface area contributed by atoms with Crippen LogP contribution >= 0.6 is 11.6 Å². The molecule has 0 fully saturated rings. The molecule has 2 unspecified atom stereocenters. The Labute approximate surface area is 164 Å². The van der Waals surface area contributed by atoms with Crippen molar-refractivity contribution < 1.29 is 9.53 Å². The summed E-state index contributed by atoms with van der Waals surface area (Å²) in [5, 5.41) is 14.8. The third-order valence-electron chi connectivity index (χ3n) is 5.40. The monoisotopic (exact) mass is 388 g/mol. The second kappa shape index (κ2) is 6.72. The van der Waals surface area contributed by atoms with E-state index in [4.69, 9.17) is 22.1 Å². The Balaban J connectivity index is 2.29. The molecule has 144 valence electrons. The van der Waals surface area contributed by atoms with E-state index in [9.17, 15) is 10.1 Å². The number of nitriles is 1. The van der Waals surface area contributed by atoms with Crippen molar-refractivity contribution >= 4 is 17.4 Å². The zero-order valence-corrected chi connectivity index (χ0v) is 17.1. The summed E-state index contributed by atoms with van der Waals surface area (Å²) >= 11 is 6.62. The Morgan fingerprint density at radius 3 is 2.74 bits per heavy atom. The van der Waals surface area contributed by atoms with Crippen molar-refractivity contribution in [1.29, 1.82) is 5.26 Å². The molecule has 0 amide bonds. The first-order valence-electron chi connectivity index (χ1n) is 9.19. The molecule has 0 saturated carbocycles. The van der Waals surface area contributed by atoms with Gasteiger partial charge in [0.25, 0.3) is 0 Å². The van der Waals surface area contributed by atoms with Crippen LogP contribution < -0.4 is 5.73 Å². The maximum Gasteiger partial charge on any atom is 0.205 e. The molecule has 2 aliphatic rings. The standard InChI is InChI=1S/C20H25ClN4O2/c1-6-10(2)25-18(17(21)11(3)24-25)15-12(9-22)19(23)27-14-8-20(4,5)7-13(26)16(14)15/h10,15H,6-8,23H2,1-5H3. The lowest BCUT2D eigenvalue weighted by Crippen LogP contribution is -2.34. The molecule has 27 heavy (non-hydrogen) atoms. The van der Waals surface area contributed by atoms with Crippen LogP contribution in [0.3, 0.4) is 0 Å². The summed E-state index contributed by atoms with van der Waals surface area (Å²) < 4.78 is 7.58. The zero-order valence-electron chi connectivity index (χ0n) is 16.4. The maximum absolute atomic E-state index is 13.1. The third kappa shape index (κ3) is 3.14. The predicted octanol–water partition coefficient (Wildman–Crippen LogP) is 4.27. The SMILES string of the molecule is CCC(C)n1nc(C)c(Cl)c1C1C(C#N)=C(N)OC2=C1C(=O)CC(C)(C)C2. The number of nitrogens with zero attached hydrogens (tertiary/aromatic N) is 3. The van der Waals surface area contributed by atoms with Crippen molar-refractivity contribution in [3.63, 3.8) is 0 Å². The van der Waals surface area contributed by atoms with Crippen LogP contribution in [0.5, 0.6) is 0 Å². The number of allylic oxidation sites excluding steroid dienone is 3. The van der Waals surface area contributed by atoms with Gasteiger partial charge in [-0.25, -0.2) is 0 Å². The molecule has 0 bridgehead atoms. The second-order valence-corrected chi connectivity index (χ2v) is 8.57. The van der Waals surface area contributed by atoms with Crippen molar-refractivity contribution in [1.82, 2.24) is 9.78 Å². The summed E-state index contributed by atoms with van der Waals surface area (Å²) in [6, 6.07) is 2.20. The van der Waals surface area contributed by atoms with Gasteiger partial charge in [-0.1, -0.05) is 32.4 Å². The Hall–Kier alpha value is -2.26. The number of hydrogen-bond donors (Lipinski definition) is 1. The summed E-state index contributed by atoms with van der Waals surface area (Å²) in [6.07, 6.45) is 1.80. The van der Waals surface area contributed by atoms with Gasteiger partial charge in [0.15, 0.2) is 5.78 Å². The van der Waals surface area contributed by atoms with Crippen molar-refractivity contribution in [2.24, 2.45) is 11.1 Å². The summed E-state index contributed by atoms with van der Waals surface area (Å²) in [5.41, 5.74) is 7.89. The molecule has 0 radical (unpaired) electrons.